The van der Waals surface area contributed by atoms with E-state index in [1.807, 2.05) is 43.3 Å². The minimum absolute atomic E-state index is 0.0340. The van der Waals surface area contributed by atoms with E-state index in [1.165, 1.54) is 4.31 Å². The minimum atomic E-state index is -3.77. The van der Waals surface area contributed by atoms with Gasteiger partial charge in [0.15, 0.2) is 0 Å². The highest BCUT2D eigenvalue weighted by molar-refractivity contribution is 7.90. The van der Waals surface area contributed by atoms with Crippen molar-refractivity contribution >= 4 is 43.6 Å². The van der Waals surface area contributed by atoms with Crippen LogP contribution in [-0.4, -0.2) is 73.0 Å². The molecule has 13 heteroatoms. The van der Waals surface area contributed by atoms with Crippen LogP contribution in [0.3, 0.4) is 0 Å². The van der Waals surface area contributed by atoms with Gasteiger partial charge < -0.3 is 9.88 Å². The number of hydrogen-bond acceptors (Lipinski definition) is 7. The van der Waals surface area contributed by atoms with E-state index in [9.17, 15) is 18.5 Å². The summed E-state index contributed by atoms with van der Waals surface area (Å²) in [6.07, 6.45) is 8.50. The first-order valence-electron chi connectivity index (χ1n) is 14.2. The number of anilines is 1. The number of likely N-dealkylation sites (N-methyl/N-ethyl adjacent to an activating group) is 1. The maximum atomic E-state index is 14.2. The summed E-state index contributed by atoms with van der Waals surface area (Å²) in [7, 11) is 1.72. The summed E-state index contributed by atoms with van der Waals surface area (Å²) in [5.41, 5.74) is 5.48. The van der Waals surface area contributed by atoms with E-state index >= 15 is 0 Å². The molecule has 0 radical (unpaired) electrons. The molecule has 1 saturated heterocycles. The van der Waals surface area contributed by atoms with Crippen LogP contribution in [0.5, 0.6) is 0 Å². The van der Waals surface area contributed by atoms with E-state index in [0.717, 1.165) is 44.2 Å². The Labute approximate surface area is 247 Å². The third kappa shape index (κ3) is 3.36. The molecule has 3 aliphatic rings. The standard InChI is InChI=1S/C30H29N9O3S/c1-36-16-20(14-33-36)26-23(18-4-5-21-19(12-18)13-34-38(21)3)24-25-22(15-32-27(24)35-26)37(2)28(40)30(25)9-11-39(17-30)43(41,42)29(6-7-29)8-10-31/h4-5,12-16H,6-9,11,17H2,1-3H3,(H,32,35). The molecular formula is C30H29N9O3S. The lowest BCUT2D eigenvalue weighted by Gasteiger charge is -2.26. The summed E-state index contributed by atoms with van der Waals surface area (Å²) >= 11 is 0. The van der Waals surface area contributed by atoms with Crippen molar-refractivity contribution < 1.29 is 13.2 Å². The Morgan fingerprint density at radius 3 is 2.60 bits per heavy atom. The van der Waals surface area contributed by atoms with Crippen molar-refractivity contribution in [1.82, 2.24) is 33.8 Å². The van der Waals surface area contributed by atoms with Gasteiger partial charge in [-0.1, -0.05) is 6.07 Å². The predicted octanol–water partition coefficient (Wildman–Crippen LogP) is 3.21. The Morgan fingerprint density at radius 1 is 1.07 bits per heavy atom. The van der Waals surface area contributed by atoms with Crippen molar-refractivity contribution in [3.05, 3.63) is 48.5 Å². The van der Waals surface area contributed by atoms with Gasteiger partial charge in [0.05, 0.1) is 58.1 Å². The van der Waals surface area contributed by atoms with Crippen LogP contribution >= 0.6 is 0 Å². The topological polar surface area (TPSA) is 146 Å². The number of pyridine rings is 1. The Kier molecular flexibility index (Phi) is 5.17. The van der Waals surface area contributed by atoms with Crippen molar-refractivity contribution in [3.63, 3.8) is 0 Å². The number of aryl methyl sites for hydroxylation is 2. The second-order valence-electron chi connectivity index (χ2n) is 12.1. The van der Waals surface area contributed by atoms with Crippen LogP contribution in [0.25, 0.3) is 44.3 Å². The summed E-state index contributed by atoms with van der Waals surface area (Å²) in [6, 6.07) is 8.23. The van der Waals surface area contributed by atoms with Gasteiger partial charge in [0.25, 0.3) is 0 Å². The van der Waals surface area contributed by atoms with Crippen LogP contribution in [0, 0.1) is 11.3 Å². The summed E-state index contributed by atoms with van der Waals surface area (Å²) in [6.45, 7) is 0.251. The molecule has 5 aromatic rings. The van der Waals surface area contributed by atoms with Crippen LogP contribution in [-0.2, 0) is 34.3 Å². The van der Waals surface area contributed by atoms with Gasteiger partial charge >= 0.3 is 0 Å². The van der Waals surface area contributed by atoms with Gasteiger partial charge in [-0.2, -0.15) is 19.8 Å². The molecule has 218 valence electrons. The minimum Gasteiger partial charge on any atom is -0.339 e. The number of sulfonamides is 1. The van der Waals surface area contributed by atoms with Gasteiger partial charge in [-0.15, -0.1) is 0 Å². The Bertz CT molecular complexity index is 2170. The molecule has 1 spiro atoms. The number of H-pyrrole nitrogens is 1. The zero-order chi connectivity index (χ0) is 29.9. The fraction of sp³-hybridized carbons (Fsp3) is 0.367. The lowest BCUT2D eigenvalue weighted by Crippen LogP contribution is -2.44. The molecule has 2 fully saturated rings. The van der Waals surface area contributed by atoms with Crippen LogP contribution in [0.1, 0.15) is 31.2 Å². The Hall–Kier alpha value is -4.54. The number of amides is 1. The molecule has 1 amide bonds. The summed E-state index contributed by atoms with van der Waals surface area (Å²) in [4.78, 5) is 24.1. The van der Waals surface area contributed by atoms with Crippen molar-refractivity contribution in [2.24, 2.45) is 14.1 Å². The Balaban J connectivity index is 1.38. The number of benzene rings is 1. The van der Waals surface area contributed by atoms with Gasteiger partial charge in [0.1, 0.15) is 5.65 Å². The number of carbonyl (C=O) groups excluding carboxylic acids is 1. The smallest absolute Gasteiger partial charge is 0.238 e. The molecular weight excluding hydrogens is 566 g/mol. The van der Waals surface area contributed by atoms with E-state index in [-0.39, 0.29) is 25.4 Å². The average molecular weight is 596 g/mol. The lowest BCUT2D eigenvalue weighted by atomic mass is 9.78. The molecule has 1 N–H and O–H groups in total. The van der Waals surface area contributed by atoms with Gasteiger partial charge in [-0.05, 0) is 37.0 Å². The fourth-order valence-corrected chi connectivity index (χ4v) is 9.37. The van der Waals surface area contributed by atoms with Crippen LogP contribution in [0.15, 0.2) is 43.0 Å². The summed E-state index contributed by atoms with van der Waals surface area (Å²) < 4.78 is 31.6. The molecule has 1 aliphatic carbocycles. The number of nitrogens with zero attached hydrogens (tertiary/aromatic N) is 8. The number of aromatic nitrogens is 6. The molecule has 43 heavy (non-hydrogen) atoms. The average Bonchev–Trinajstić information content (AvgIpc) is 3.40. The van der Waals surface area contributed by atoms with Gasteiger partial charge in [0.2, 0.25) is 15.9 Å². The molecule has 12 nitrogen and oxygen atoms in total. The van der Waals surface area contributed by atoms with Crippen molar-refractivity contribution in [2.75, 3.05) is 25.0 Å². The molecule has 0 bridgehead atoms. The molecule has 4 aromatic heterocycles. The van der Waals surface area contributed by atoms with E-state index in [4.69, 9.17) is 4.98 Å². The number of nitrogens with one attached hydrogen (secondary N) is 1. The van der Waals surface area contributed by atoms with Crippen molar-refractivity contribution in [2.45, 2.75) is 35.8 Å². The largest absolute Gasteiger partial charge is 0.339 e. The molecule has 8 rings (SSSR count). The predicted molar refractivity (Wildman–Crippen MR) is 160 cm³/mol. The lowest BCUT2D eigenvalue weighted by molar-refractivity contribution is -0.122. The fourth-order valence-electron chi connectivity index (χ4n) is 7.24. The van der Waals surface area contributed by atoms with Gasteiger partial charge in [-0.25, -0.2) is 13.4 Å². The third-order valence-corrected chi connectivity index (χ3v) is 12.4. The molecule has 1 unspecified atom stereocenters. The summed E-state index contributed by atoms with van der Waals surface area (Å²) in [5.74, 6) is -0.141. The van der Waals surface area contributed by atoms with E-state index < -0.39 is 20.2 Å². The zero-order valence-electron chi connectivity index (χ0n) is 24.0. The SMILES string of the molecule is CN1C(=O)C2(CCN(S(=O)(=O)C3(CC#N)CC3)C2)c2c1cnc1[nH]c(-c3cnn(C)c3)c(-c3ccc4c(cnn4C)c3)c21. The first kappa shape index (κ1) is 26.1. The highest BCUT2D eigenvalue weighted by Gasteiger charge is 2.62. The normalized spacial score (nSPS) is 21.3. The van der Waals surface area contributed by atoms with Gasteiger partial charge in [0, 0.05) is 67.9 Å². The van der Waals surface area contributed by atoms with E-state index in [0.29, 0.717) is 30.6 Å². The number of rotatable bonds is 5. The number of carbonyl (C=O) groups is 1. The quantitative estimate of drug-likeness (QED) is 0.328. The number of fused-ring (bicyclic) bond motifs is 5. The molecule has 1 saturated carbocycles. The monoisotopic (exact) mass is 595 g/mol. The first-order chi connectivity index (χ1) is 20.6. The van der Waals surface area contributed by atoms with Gasteiger partial charge in [-0.3, -0.25) is 14.2 Å². The maximum Gasteiger partial charge on any atom is 0.238 e. The van der Waals surface area contributed by atoms with E-state index in [1.54, 1.807) is 29.0 Å². The van der Waals surface area contributed by atoms with Crippen LogP contribution < -0.4 is 4.90 Å². The molecule has 1 aromatic carbocycles. The second-order valence-corrected chi connectivity index (χ2v) is 14.4. The molecule has 2 aliphatic heterocycles. The molecule has 1 atom stereocenters. The summed E-state index contributed by atoms with van der Waals surface area (Å²) in [5, 5.41) is 20.0. The third-order valence-electron chi connectivity index (χ3n) is 9.71. The first-order valence-corrected chi connectivity index (χ1v) is 15.7. The van der Waals surface area contributed by atoms with Crippen molar-refractivity contribution in [1.29, 1.82) is 5.26 Å². The number of nitriles is 1. The maximum absolute atomic E-state index is 14.2. The zero-order valence-corrected chi connectivity index (χ0v) is 24.8. The molecule has 6 heterocycles. The van der Waals surface area contributed by atoms with Crippen LogP contribution in [0.2, 0.25) is 0 Å². The number of hydrogen-bond donors (Lipinski definition) is 1. The number of aromatic amines is 1. The van der Waals surface area contributed by atoms with Crippen molar-refractivity contribution in [3.8, 4) is 28.5 Å². The van der Waals surface area contributed by atoms with E-state index in [2.05, 4.69) is 27.3 Å². The van der Waals surface area contributed by atoms with Crippen LogP contribution in [0.4, 0.5) is 5.69 Å². The highest BCUT2D eigenvalue weighted by Crippen LogP contribution is 2.55. The Morgan fingerprint density at radius 2 is 1.88 bits per heavy atom. The second kappa shape index (κ2) is 8.52. The highest BCUT2D eigenvalue weighted by atomic mass is 32.2.